The average molecular weight is 292 g/mol. The van der Waals surface area contributed by atoms with Gasteiger partial charge in [-0.25, -0.2) is 4.98 Å². The fourth-order valence-electron chi connectivity index (χ4n) is 3.09. The summed E-state index contributed by atoms with van der Waals surface area (Å²) in [6, 6.07) is 0.197. The van der Waals surface area contributed by atoms with Gasteiger partial charge < -0.3 is 9.88 Å². The second-order valence-corrected chi connectivity index (χ2v) is 6.32. The van der Waals surface area contributed by atoms with Crippen molar-refractivity contribution in [3.05, 3.63) is 17.7 Å². The van der Waals surface area contributed by atoms with Crippen molar-refractivity contribution in [2.75, 3.05) is 6.54 Å². The van der Waals surface area contributed by atoms with Crippen molar-refractivity contribution in [2.24, 2.45) is 5.92 Å². The number of H-pyrrole nitrogens is 1. The Morgan fingerprint density at radius 2 is 2.14 bits per heavy atom. The maximum Gasteiger partial charge on any atom is 0.240 e. The van der Waals surface area contributed by atoms with E-state index < -0.39 is 0 Å². The van der Waals surface area contributed by atoms with Gasteiger partial charge in [-0.15, -0.1) is 0 Å². The van der Waals surface area contributed by atoms with E-state index in [1.165, 1.54) is 0 Å². The Balaban J connectivity index is 2.11. The molecule has 2 rings (SSSR count). The van der Waals surface area contributed by atoms with Gasteiger partial charge >= 0.3 is 0 Å². The third-order valence-electron chi connectivity index (χ3n) is 4.26. The highest BCUT2D eigenvalue weighted by Crippen LogP contribution is 2.18. The third-order valence-corrected chi connectivity index (χ3v) is 4.26. The molecule has 1 unspecified atom stereocenters. The van der Waals surface area contributed by atoms with E-state index in [0.717, 1.165) is 30.8 Å². The van der Waals surface area contributed by atoms with Gasteiger partial charge in [0, 0.05) is 25.6 Å². The summed E-state index contributed by atoms with van der Waals surface area (Å²) in [5.74, 6) is 0.713. The lowest BCUT2D eigenvalue weighted by Gasteiger charge is -2.36. The molecular weight excluding hydrogens is 264 g/mol. The molecule has 0 saturated carbocycles. The standard InChI is InChI=1S/C16H28N4O/c1-5-12(6-2)20(9-11(3)4)16(21)14-7-13-15(8-17-14)19-10-18-13/h10-12,14,17H,5-9H2,1-4H3,(H,18,19). The summed E-state index contributed by atoms with van der Waals surface area (Å²) in [4.78, 5) is 22.5. The highest BCUT2D eigenvalue weighted by atomic mass is 16.2. The molecule has 5 heteroatoms. The van der Waals surface area contributed by atoms with Gasteiger partial charge in [-0.05, 0) is 18.8 Å². The number of aromatic nitrogens is 2. The molecule has 21 heavy (non-hydrogen) atoms. The predicted molar refractivity (Wildman–Crippen MR) is 83.8 cm³/mol. The van der Waals surface area contributed by atoms with Gasteiger partial charge in [0.15, 0.2) is 0 Å². The van der Waals surface area contributed by atoms with Crippen LogP contribution < -0.4 is 5.32 Å². The van der Waals surface area contributed by atoms with E-state index in [4.69, 9.17) is 0 Å². The smallest absolute Gasteiger partial charge is 0.240 e. The average Bonchev–Trinajstić information content (AvgIpc) is 2.93. The van der Waals surface area contributed by atoms with Gasteiger partial charge in [0.1, 0.15) is 0 Å². The Bertz CT molecular complexity index is 465. The zero-order chi connectivity index (χ0) is 15.4. The van der Waals surface area contributed by atoms with Gasteiger partial charge in [-0.1, -0.05) is 27.7 Å². The molecule has 0 bridgehead atoms. The van der Waals surface area contributed by atoms with Crippen molar-refractivity contribution in [2.45, 2.75) is 65.6 Å². The summed E-state index contributed by atoms with van der Waals surface area (Å²) in [6.45, 7) is 10.2. The van der Waals surface area contributed by atoms with E-state index in [0.29, 0.717) is 24.9 Å². The van der Waals surface area contributed by atoms with Crippen molar-refractivity contribution < 1.29 is 4.79 Å². The number of carbonyl (C=O) groups excluding carboxylic acids is 1. The molecule has 1 aliphatic heterocycles. The number of nitrogens with one attached hydrogen (secondary N) is 2. The fourth-order valence-corrected chi connectivity index (χ4v) is 3.09. The van der Waals surface area contributed by atoms with Gasteiger partial charge in [-0.3, -0.25) is 10.1 Å². The minimum Gasteiger partial charge on any atom is -0.347 e. The number of rotatable bonds is 6. The van der Waals surface area contributed by atoms with Crippen LogP contribution in [0.25, 0.3) is 0 Å². The van der Waals surface area contributed by atoms with Crippen LogP contribution in [0.5, 0.6) is 0 Å². The maximum absolute atomic E-state index is 13.0. The zero-order valence-electron chi connectivity index (χ0n) is 13.6. The second kappa shape index (κ2) is 7.07. The van der Waals surface area contributed by atoms with Crippen LogP contribution in [0.4, 0.5) is 0 Å². The van der Waals surface area contributed by atoms with Gasteiger partial charge in [-0.2, -0.15) is 0 Å². The summed E-state index contributed by atoms with van der Waals surface area (Å²) < 4.78 is 0. The topological polar surface area (TPSA) is 61.0 Å². The number of nitrogens with zero attached hydrogens (tertiary/aromatic N) is 2. The first kappa shape index (κ1) is 16.0. The first-order valence-electron chi connectivity index (χ1n) is 8.11. The molecule has 0 radical (unpaired) electrons. The molecule has 0 fully saturated rings. The Kier molecular flexibility index (Phi) is 5.39. The van der Waals surface area contributed by atoms with E-state index in [1.807, 2.05) is 0 Å². The third kappa shape index (κ3) is 3.64. The molecule has 5 nitrogen and oxygen atoms in total. The largest absolute Gasteiger partial charge is 0.347 e. The molecular formula is C16H28N4O. The number of hydrogen-bond acceptors (Lipinski definition) is 3. The Hall–Kier alpha value is -1.36. The van der Waals surface area contributed by atoms with E-state index in [9.17, 15) is 4.79 Å². The number of fused-ring (bicyclic) bond motifs is 1. The molecule has 1 aliphatic rings. The lowest BCUT2D eigenvalue weighted by molar-refractivity contribution is -0.136. The minimum atomic E-state index is -0.139. The molecule has 1 atom stereocenters. The summed E-state index contributed by atoms with van der Waals surface area (Å²) in [7, 11) is 0. The van der Waals surface area contributed by atoms with Gasteiger partial charge in [0.2, 0.25) is 5.91 Å². The normalized spacial score (nSPS) is 18.1. The van der Waals surface area contributed by atoms with Crippen LogP contribution in [-0.2, 0) is 17.8 Å². The number of imidazole rings is 1. The van der Waals surface area contributed by atoms with Crippen LogP contribution in [0.3, 0.4) is 0 Å². The molecule has 2 N–H and O–H groups in total. The minimum absolute atomic E-state index is 0.139. The number of hydrogen-bond donors (Lipinski definition) is 2. The SMILES string of the molecule is CCC(CC)N(CC(C)C)C(=O)C1Cc2nc[nH]c2CN1. The van der Waals surface area contributed by atoms with Crippen molar-refractivity contribution >= 4 is 5.91 Å². The van der Waals surface area contributed by atoms with Crippen molar-refractivity contribution in [1.29, 1.82) is 0 Å². The Morgan fingerprint density at radius 3 is 2.76 bits per heavy atom. The molecule has 118 valence electrons. The van der Waals surface area contributed by atoms with E-state index >= 15 is 0 Å². The highest BCUT2D eigenvalue weighted by molar-refractivity contribution is 5.82. The van der Waals surface area contributed by atoms with Gasteiger partial charge in [0.05, 0.1) is 23.8 Å². The second-order valence-electron chi connectivity index (χ2n) is 6.32. The van der Waals surface area contributed by atoms with E-state index in [2.05, 4.69) is 47.9 Å². The van der Waals surface area contributed by atoms with Crippen LogP contribution in [0, 0.1) is 5.92 Å². The summed E-state index contributed by atoms with van der Waals surface area (Å²) in [6.07, 6.45) is 4.42. The molecule has 1 amide bonds. The maximum atomic E-state index is 13.0. The van der Waals surface area contributed by atoms with Crippen LogP contribution in [0.15, 0.2) is 6.33 Å². The van der Waals surface area contributed by atoms with E-state index in [-0.39, 0.29) is 11.9 Å². The first-order chi connectivity index (χ1) is 10.1. The highest BCUT2D eigenvalue weighted by Gasteiger charge is 2.31. The van der Waals surface area contributed by atoms with Crippen LogP contribution >= 0.6 is 0 Å². The fraction of sp³-hybridized carbons (Fsp3) is 0.750. The summed E-state index contributed by atoms with van der Waals surface area (Å²) >= 11 is 0. The van der Waals surface area contributed by atoms with Crippen molar-refractivity contribution in [1.82, 2.24) is 20.2 Å². The van der Waals surface area contributed by atoms with Crippen molar-refractivity contribution in [3.8, 4) is 0 Å². The predicted octanol–water partition coefficient (Wildman–Crippen LogP) is 2.10. The monoisotopic (exact) mass is 292 g/mol. The molecule has 0 spiro atoms. The molecule has 2 heterocycles. The lowest BCUT2D eigenvalue weighted by Crippen LogP contribution is -2.53. The number of carbonyl (C=O) groups is 1. The van der Waals surface area contributed by atoms with Crippen LogP contribution in [-0.4, -0.2) is 39.4 Å². The van der Waals surface area contributed by atoms with E-state index in [1.54, 1.807) is 6.33 Å². The molecule has 0 saturated heterocycles. The summed E-state index contributed by atoms with van der Waals surface area (Å²) in [5, 5.41) is 3.36. The Morgan fingerprint density at radius 1 is 1.43 bits per heavy atom. The van der Waals surface area contributed by atoms with Crippen LogP contribution in [0.2, 0.25) is 0 Å². The van der Waals surface area contributed by atoms with Gasteiger partial charge in [0.25, 0.3) is 0 Å². The number of aromatic amines is 1. The first-order valence-corrected chi connectivity index (χ1v) is 8.11. The summed E-state index contributed by atoms with van der Waals surface area (Å²) in [5.41, 5.74) is 2.14. The Labute approximate surface area is 127 Å². The van der Waals surface area contributed by atoms with Crippen LogP contribution in [0.1, 0.15) is 51.9 Å². The molecule has 0 aliphatic carbocycles. The quantitative estimate of drug-likeness (QED) is 0.844. The molecule has 1 aromatic heterocycles. The zero-order valence-corrected chi connectivity index (χ0v) is 13.6. The number of amides is 1. The lowest BCUT2D eigenvalue weighted by atomic mass is 10.0. The molecule has 1 aromatic rings. The molecule has 0 aromatic carbocycles. The van der Waals surface area contributed by atoms with Crippen molar-refractivity contribution in [3.63, 3.8) is 0 Å².